The van der Waals surface area contributed by atoms with Crippen molar-refractivity contribution in [3.8, 4) is 0 Å². The molecule has 0 heterocycles. The van der Waals surface area contributed by atoms with Crippen molar-refractivity contribution < 1.29 is 20.6 Å². The first kappa shape index (κ1) is 182000. The number of hydrogen-bond acceptors (Lipinski definition) is 76. The molecule has 80 heteroatoms. The molecule has 0 amide bonds. The molecule has 218 N–H and O–H groups in total. The summed E-state index contributed by atoms with van der Waals surface area (Å²) in [6, 6.07) is 0. The summed E-state index contributed by atoms with van der Waals surface area (Å²) >= 11 is 0. The van der Waals surface area contributed by atoms with Crippen LogP contribution in [0.3, 0.4) is 0 Å². The van der Waals surface area contributed by atoms with Gasteiger partial charge in [-0.05, 0) is 0 Å². The maximum Gasteiger partial charge on any atom is 0.291 e. The van der Waals surface area contributed by atoms with Crippen LogP contribution in [0.2, 0.25) is 0 Å². The van der Waals surface area contributed by atoms with Gasteiger partial charge in [-0.15, -0.1) is 20.2 Å². The van der Waals surface area contributed by atoms with Crippen molar-refractivity contribution in [2.75, 3.05) is 0 Å². The SMILES string of the molecule is N.N.N.N.N.N.N.N.N.N.N.N.N.N.N.N.N.N.N.N.N.N.N.N.N.N.N.N.N.N.N.N.N.N.N.N.N.N.N.N.N.N.N.N.N.N.N.N.N.N.N.N.N.N.N.N.N.N.N.N.N.N.N.N.N.N.N.N.N.N.N.N.O=[N+]([O-])O.O=[N+]([O-])O. The van der Waals surface area contributed by atoms with E-state index in [2.05, 4.69) is 0 Å². The van der Waals surface area contributed by atoms with Crippen LogP contribution in [0.5, 0.6) is 0 Å². The van der Waals surface area contributed by atoms with Gasteiger partial charge in [-0.1, -0.05) is 0 Å². The molecule has 0 aliphatic rings. The Morgan fingerprint density at radius 3 is 0.113 bits per heavy atom. The van der Waals surface area contributed by atoms with Crippen LogP contribution in [-0.2, 0) is 0 Å². The first-order valence-electron chi connectivity index (χ1n) is 1.13. The van der Waals surface area contributed by atoms with Crippen molar-refractivity contribution in [2.24, 2.45) is 0 Å². The third kappa shape index (κ3) is 19300. The van der Waals surface area contributed by atoms with E-state index in [4.69, 9.17) is 30.6 Å². The summed E-state index contributed by atoms with van der Waals surface area (Å²) in [5.41, 5.74) is 0. The highest BCUT2D eigenvalue weighted by atomic mass is 16.9. The van der Waals surface area contributed by atoms with Crippen molar-refractivity contribution in [1.82, 2.24) is 443 Å². The van der Waals surface area contributed by atoms with E-state index in [1.54, 1.807) is 0 Å². The maximum atomic E-state index is 8.36. The van der Waals surface area contributed by atoms with Crippen LogP contribution in [0, 0.1) is 20.2 Å². The fourth-order valence-electron chi connectivity index (χ4n) is 0. The zero-order valence-corrected chi connectivity index (χ0v) is 54.3. The molecule has 80 nitrogen and oxygen atoms in total. The molecule has 0 aliphatic heterocycles. The Hall–Kier alpha value is -4.48. The highest BCUT2D eigenvalue weighted by Crippen LogP contribution is 1.38. The van der Waals surface area contributed by atoms with Crippen molar-refractivity contribution in [3.63, 3.8) is 0 Å². The molecule has 0 atom stereocenters. The summed E-state index contributed by atoms with van der Waals surface area (Å²) < 4.78 is 0. The second-order valence-electron chi connectivity index (χ2n) is 0.476. The topological polar surface area (TPSA) is 2650 Å². The van der Waals surface area contributed by atoms with E-state index in [-0.39, 0.29) is 443 Å². The van der Waals surface area contributed by atoms with Gasteiger partial charge < -0.3 is 453 Å². The van der Waals surface area contributed by atoms with Crippen LogP contribution in [0.4, 0.5) is 0 Å². The van der Waals surface area contributed by atoms with Gasteiger partial charge in [0.05, 0.1) is 0 Å². The molecule has 624 valence electrons. The molecule has 0 fully saturated rings. The predicted molar refractivity (Wildman–Crippen MR) is 379 cm³/mol. The molecule has 0 aromatic carbocycles. The van der Waals surface area contributed by atoms with Gasteiger partial charge in [-0.3, -0.25) is 0 Å². The van der Waals surface area contributed by atoms with Gasteiger partial charge in [0.1, 0.15) is 0 Å². The second-order valence-corrected chi connectivity index (χ2v) is 0.476. The van der Waals surface area contributed by atoms with Crippen LogP contribution in [0.15, 0.2) is 0 Å². The molecule has 80 heavy (non-hydrogen) atoms. The predicted octanol–water partition coefficient (Wildman–Crippen LogP) is 11.0. The Labute approximate surface area is 484 Å². The molecule has 0 spiro atoms. The lowest BCUT2D eigenvalue weighted by molar-refractivity contribution is -0.742. The molecular weight excluding hydrogens is 1130 g/mol. The smallest absolute Gasteiger partial charge is 0.291 e. The van der Waals surface area contributed by atoms with Crippen LogP contribution in [0.25, 0.3) is 0 Å². The minimum absolute atomic E-state index is 0. The molecule has 0 aromatic rings. The Bertz CT molecular complexity index is 88.8. The average Bonchev–Trinajstić information content (AvgIpc) is 1.25. The Morgan fingerprint density at radius 1 is 0.113 bits per heavy atom. The molecule has 0 aromatic heterocycles. The first-order valence-corrected chi connectivity index (χ1v) is 1.13. The zero-order valence-electron chi connectivity index (χ0n) is 54.3. The maximum absolute atomic E-state index is 8.36. The molecule has 0 aliphatic carbocycles. The third-order valence-electron chi connectivity index (χ3n) is 0. The lowest BCUT2D eigenvalue weighted by Gasteiger charge is -1.56. The summed E-state index contributed by atoms with van der Waals surface area (Å²) in [7, 11) is 0. The van der Waals surface area contributed by atoms with E-state index >= 15 is 0 Å². The first-order chi connectivity index (χ1) is 3.46. The standard InChI is InChI=1S/2HNO3.72H3N/c2*2-1(3)4;;;;;;;;;;;;;;;;;;;;;;;;;;;;;;;;;;;;;;;;;;;;;;;;;;;;;;;;;;;;;;;;;;;;;;;;/h2*(H,2,3,4);72*1H3. The monoisotopic (exact) mass is 1350 g/mol. The Balaban J connectivity index is -0.0000000000658. The fourth-order valence-corrected chi connectivity index (χ4v) is 0. The highest BCUT2D eigenvalue weighted by Gasteiger charge is 1.65. The van der Waals surface area contributed by atoms with E-state index in [9.17, 15) is 0 Å². The quantitative estimate of drug-likeness (QED) is 0.0791. The molecular formula is H218N74O6. The van der Waals surface area contributed by atoms with Crippen LogP contribution in [0.1, 0.15) is 0 Å². The van der Waals surface area contributed by atoms with E-state index in [1.165, 1.54) is 0 Å². The minimum Gasteiger partial charge on any atom is -0.344 e. The van der Waals surface area contributed by atoms with Crippen LogP contribution >= 0.6 is 0 Å². The summed E-state index contributed by atoms with van der Waals surface area (Å²) in [5.74, 6) is 0. The van der Waals surface area contributed by atoms with E-state index in [1.807, 2.05) is 0 Å². The molecule has 0 bridgehead atoms. The van der Waals surface area contributed by atoms with Gasteiger partial charge in [0.2, 0.25) is 0 Å². The summed E-state index contributed by atoms with van der Waals surface area (Å²) in [6.45, 7) is 0. The minimum atomic E-state index is -1.50. The average molecular weight is 1350 g/mol. The largest absolute Gasteiger partial charge is 0.344 e. The van der Waals surface area contributed by atoms with Crippen molar-refractivity contribution in [3.05, 3.63) is 20.2 Å². The summed E-state index contributed by atoms with van der Waals surface area (Å²) in [4.78, 5) is 16.7. The molecule has 0 saturated heterocycles. The Kier molecular flexibility index (Phi) is 396000000. The van der Waals surface area contributed by atoms with Crippen molar-refractivity contribution in [1.29, 1.82) is 0 Å². The summed E-state index contributed by atoms with van der Waals surface area (Å²) in [5, 5.41) is 27.3. The normalized spacial score (nSPS) is 0.600. The lowest BCUT2D eigenvalue weighted by Crippen LogP contribution is -1.81. The molecule has 0 unspecified atom stereocenters. The van der Waals surface area contributed by atoms with E-state index in [0.29, 0.717) is 0 Å². The fraction of sp³-hybridized carbons (Fsp3) is 0. The highest BCUT2D eigenvalue weighted by molar-refractivity contribution is 3.83. The van der Waals surface area contributed by atoms with Gasteiger partial charge in [-0.2, -0.15) is 0 Å². The van der Waals surface area contributed by atoms with Gasteiger partial charge in [0.15, 0.2) is 0 Å². The summed E-state index contributed by atoms with van der Waals surface area (Å²) in [6.07, 6.45) is 0. The number of nitrogens with zero attached hydrogens (tertiary/aromatic N) is 2. The third-order valence-corrected chi connectivity index (χ3v) is 0. The van der Waals surface area contributed by atoms with Gasteiger partial charge in [0, 0.05) is 0 Å². The molecule has 0 saturated carbocycles. The van der Waals surface area contributed by atoms with Gasteiger partial charge in [0.25, 0.3) is 10.2 Å². The van der Waals surface area contributed by atoms with Crippen molar-refractivity contribution in [2.45, 2.75) is 0 Å². The number of rotatable bonds is 0. The van der Waals surface area contributed by atoms with Crippen LogP contribution in [-0.4, -0.2) is 20.6 Å². The van der Waals surface area contributed by atoms with E-state index < -0.39 is 10.2 Å². The molecule has 0 radical (unpaired) electrons. The van der Waals surface area contributed by atoms with Crippen molar-refractivity contribution >= 4 is 0 Å². The molecule has 0 rings (SSSR count). The second kappa shape index (κ2) is 174000. The van der Waals surface area contributed by atoms with Gasteiger partial charge >= 0.3 is 0 Å². The van der Waals surface area contributed by atoms with E-state index in [0.717, 1.165) is 0 Å². The zero-order chi connectivity index (χ0) is 7.15. The Morgan fingerprint density at radius 2 is 0.113 bits per heavy atom. The van der Waals surface area contributed by atoms with Crippen LogP contribution < -0.4 is 443 Å². The van der Waals surface area contributed by atoms with Gasteiger partial charge in [-0.25, -0.2) is 0 Å². The number of hydrogen-bond donors (Lipinski definition) is 74. The lowest BCUT2D eigenvalue weighted by atomic mass is 13.1.